The number of hydrogen-bond acceptors (Lipinski definition) is 3. The van der Waals surface area contributed by atoms with Gasteiger partial charge in [-0.25, -0.2) is 0 Å². The van der Waals surface area contributed by atoms with Crippen LogP contribution in [0.3, 0.4) is 0 Å². The van der Waals surface area contributed by atoms with E-state index >= 15 is 0 Å². The van der Waals surface area contributed by atoms with E-state index in [1.54, 1.807) is 0 Å². The molecule has 1 fully saturated rings. The van der Waals surface area contributed by atoms with Crippen molar-refractivity contribution in [3.8, 4) is 0 Å². The first-order valence-corrected chi connectivity index (χ1v) is 7.15. The highest BCUT2D eigenvalue weighted by Crippen LogP contribution is 2.17. The van der Waals surface area contributed by atoms with Crippen LogP contribution >= 0.6 is 0 Å². The van der Waals surface area contributed by atoms with Crippen LogP contribution in [-0.2, 0) is 13.1 Å². The molecule has 1 saturated heterocycles. The van der Waals surface area contributed by atoms with E-state index in [1.165, 1.54) is 25.1 Å². The summed E-state index contributed by atoms with van der Waals surface area (Å²) in [6.45, 7) is 12.2. The van der Waals surface area contributed by atoms with Crippen molar-refractivity contribution in [1.29, 1.82) is 0 Å². The highest BCUT2D eigenvalue weighted by molar-refractivity contribution is 5.03. The first-order valence-electron chi connectivity index (χ1n) is 7.15. The fraction of sp³-hybridized carbons (Fsp3) is 0.786. The Labute approximate surface area is 110 Å². The SMILES string of the molecule is CCn1cc(CNCC2CCN(C(C)C)C2)cn1. The maximum atomic E-state index is 4.29. The third kappa shape index (κ3) is 3.56. The Balaban J connectivity index is 1.67. The molecule has 0 aromatic carbocycles. The Morgan fingerprint density at radius 1 is 1.50 bits per heavy atom. The van der Waals surface area contributed by atoms with Crippen LogP contribution in [-0.4, -0.2) is 40.4 Å². The van der Waals surface area contributed by atoms with Crippen LogP contribution in [0, 0.1) is 5.92 Å². The molecule has 1 atom stereocenters. The second kappa shape index (κ2) is 6.34. The van der Waals surface area contributed by atoms with Crippen molar-refractivity contribution in [2.24, 2.45) is 5.92 Å². The van der Waals surface area contributed by atoms with Crippen molar-refractivity contribution in [2.75, 3.05) is 19.6 Å². The summed E-state index contributed by atoms with van der Waals surface area (Å²) in [5, 5.41) is 7.85. The summed E-state index contributed by atoms with van der Waals surface area (Å²) < 4.78 is 1.98. The molecule has 2 heterocycles. The summed E-state index contributed by atoms with van der Waals surface area (Å²) in [7, 11) is 0. The van der Waals surface area contributed by atoms with E-state index in [2.05, 4.69) is 42.3 Å². The molecular formula is C14H26N4. The van der Waals surface area contributed by atoms with Crippen LogP contribution in [0.5, 0.6) is 0 Å². The average molecular weight is 250 g/mol. The van der Waals surface area contributed by atoms with Crippen molar-refractivity contribution < 1.29 is 0 Å². The zero-order valence-corrected chi connectivity index (χ0v) is 11.9. The molecule has 0 amide bonds. The van der Waals surface area contributed by atoms with Crippen LogP contribution < -0.4 is 5.32 Å². The molecular weight excluding hydrogens is 224 g/mol. The van der Waals surface area contributed by atoms with Gasteiger partial charge in [0.1, 0.15) is 0 Å². The number of rotatable bonds is 6. The number of aromatic nitrogens is 2. The molecule has 0 aliphatic carbocycles. The van der Waals surface area contributed by atoms with Gasteiger partial charge in [-0.05, 0) is 46.2 Å². The first-order chi connectivity index (χ1) is 8.69. The van der Waals surface area contributed by atoms with E-state index in [9.17, 15) is 0 Å². The minimum atomic E-state index is 0.692. The lowest BCUT2D eigenvalue weighted by Crippen LogP contribution is -2.30. The summed E-state index contributed by atoms with van der Waals surface area (Å²) in [6.07, 6.45) is 5.42. The van der Waals surface area contributed by atoms with Crippen molar-refractivity contribution in [1.82, 2.24) is 20.0 Å². The van der Waals surface area contributed by atoms with E-state index in [1.807, 2.05) is 10.9 Å². The first kappa shape index (κ1) is 13.6. The maximum Gasteiger partial charge on any atom is 0.0534 e. The zero-order valence-electron chi connectivity index (χ0n) is 11.9. The lowest BCUT2D eigenvalue weighted by molar-refractivity contribution is 0.264. The third-order valence-electron chi connectivity index (χ3n) is 3.82. The minimum Gasteiger partial charge on any atom is -0.312 e. The summed E-state index contributed by atoms with van der Waals surface area (Å²) in [6, 6.07) is 0.692. The number of aryl methyl sites for hydroxylation is 1. The lowest BCUT2D eigenvalue weighted by atomic mass is 10.1. The Kier molecular flexibility index (Phi) is 4.78. The van der Waals surface area contributed by atoms with Gasteiger partial charge in [0.15, 0.2) is 0 Å². The molecule has 1 unspecified atom stereocenters. The van der Waals surface area contributed by atoms with E-state index in [-0.39, 0.29) is 0 Å². The van der Waals surface area contributed by atoms with E-state index in [0.29, 0.717) is 6.04 Å². The molecule has 1 aromatic heterocycles. The maximum absolute atomic E-state index is 4.29. The van der Waals surface area contributed by atoms with Gasteiger partial charge in [-0.3, -0.25) is 4.68 Å². The van der Waals surface area contributed by atoms with Crippen LogP contribution in [0.1, 0.15) is 32.8 Å². The van der Waals surface area contributed by atoms with Gasteiger partial charge >= 0.3 is 0 Å². The third-order valence-corrected chi connectivity index (χ3v) is 3.82. The van der Waals surface area contributed by atoms with Crippen LogP contribution in [0.15, 0.2) is 12.4 Å². The molecule has 1 aromatic rings. The van der Waals surface area contributed by atoms with Gasteiger partial charge in [0.25, 0.3) is 0 Å². The fourth-order valence-electron chi connectivity index (χ4n) is 2.59. The summed E-state index contributed by atoms with van der Waals surface area (Å²) in [4.78, 5) is 2.57. The molecule has 4 heteroatoms. The minimum absolute atomic E-state index is 0.692. The zero-order chi connectivity index (χ0) is 13.0. The molecule has 0 radical (unpaired) electrons. The quantitative estimate of drug-likeness (QED) is 0.834. The topological polar surface area (TPSA) is 33.1 Å². The Hall–Kier alpha value is -0.870. The molecule has 1 aliphatic heterocycles. The largest absolute Gasteiger partial charge is 0.312 e. The Morgan fingerprint density at radius 2 is 2.33 bits per heavy atom. The van der Waals surface area contributed by atoms with Crippen LogP contribution in [0.4, 0.5) is 0 Å². The van der Waals surface area contributed by atoms with Gasteiger partial charge in [0, 0.05) is 37.4 Å². The summed E-state index contributed by atoms with van der Waals surface area (Å²) in [5.41, 5.74) is 1.29. The van der Waals surface area contributed by atoms with Crippen molar-refractivity contribution in [3.63, 3.8) is 0 Å². The van der Waals surface area contributed by atoms with Crippen molar-refractivity contribution in [2.45, 2.75) is 46.3 Å². The number of hydrogen-bond donors (Lipinski definition) is 1. The average Bonchev–Trinajstić information content (AvgIpc) is 2.97. The van der Waals surface area contributed by atoms with Crippen molar-refractivity contribution >= 4 is 0 Å². The van der Waals surface area contributed by atoms with Gasteiger partial charge in [0.2, 0.25) is 0 Å². The van der Waals surface area contributed by atoms with Gasteiger partial charge in [-0.2, -0.15) is 5.10 Å². The standard InChI is InChI=1S/C14H26N4/c1-4-18-11-14(9-16-18)8-15-7-13-5-6-17(10-13)12(2)3/h9,11-13,15H,4-8,10H2,1-3H3. The second-order valence-corrected chi connectivity index (χ2v) is 5.58. The molecule has 0 bridgehead atoms. The predicted molar refractivity (Wildman–Crippen MR) is 74.4 cm³/mol. The highest BCUT2D eigenvalue weighted by Gasteiger charge is 2.23. The van der Waals surface area contributed by atoms with Gasteiger partial charge < -0.3 is 10.2 Å². The molecule has 18 heavy (non-hydrogen) atoms. The van der Waals surface area contributed by atoms with E-state index in [4.69, 9.17) is 0 Å². The van der Waals surface area contributed by atoms with Crippen LogP contribution in [0.25, 0.3) is 0 Å². The summed E-state index contributed by atoms with van der Waals surface area (Å²) >= 11 is 0. The predicted octanol–water partition coefficient (Wildman–Crippen LogP) is 1.72. The lowest BCUT2D eigenvalue weighted by Gasteiger charge is -2.20. The van der Waals surface area contributed by atoms with Gasteiger partial charge in [-0.1, -0.05) is 0 Å². The molecule has 0 saturated carbocycles. The highest BCUT2D eigenvalue weighted by atomic mass is 15.3. The van der Waals surface area contributed by atoms with E-state index < -0.39 is 0 Å². The van der Waals surface area contributed by atoms with E-state index in [0.717, 1.165) is 25.6 Å². The number of nitrogens with zero attached hydrogens (tertiary/aromatic N) is 3. The monoisotopic (exact) mass is 250 g/mol. The molecule has 0 spiro atoms. The Bertz CT molecular complexity index is 358. The van der Waals surface area contributed by atoms with Crippen LogP contribution in [0.2, 0.25) is 0 Å². The summed E-state index contributed by atoms with van der Waals surface area (Å²) in [5.74, 6) is 0.814. The molecule has 1 aliphatic rings. The number of likely N-dealkylation sites (tertiary alicyclic amines) is 1. The van der Waals surface area contributed by atoms with Gasteiger partial charge in [-0.15, -0.1) is 0 Å². The van der Waals surface area contributed by atoms with Gasteiger partial charge in [0.05, 0.1) is 6.20 Å². The normalized spacial score (nSPS) is 21.0. The molecule has 2 rings (SSSR count). The number of nitrogens with one attached hydrogen (secondary N) is 1. The molecule has 102 valence electrons. The second-order valence-electron chi connectivity index (χ2n) is 5.58. The van der Waals surface area contributed by atoms with Crippen molar-refractivity contribution in [3.05, 3.63) is 18.0 Å². The Morgan fingerprint density at radius 3 is 2.94 bits per heavy atom. The smallest absolute Gasteiger partial charge is 0.0534 e. The molecule has 1 N–H and O–H groups in total. The fourth-order valence-corrected chi connectivity index (χ4v) is 2.59. The molecule has 4 nitrogen and oxygen atoms in total.